The minimum atomic E-state index is 0.270. The molecule has 2 aromatic rings. The van der Waals surface area contributed by atoms with Crippen LogP contribution in [0.3, 0.4) is 0 Å². The number of hydrogen-bond donors (Lipinski definition) is 2. The molecule has 0 bridgehead atoms. The largest absolute Gasteiger partial charge is 0.385 e. The number of nitrogens with zero attached hydrogens (tertiary/aromatic N) is 1. The van der Waals surface area contributed by atoms with Crippen molar-refractivity contribution >= 4 is 12.4 Å². The molecule has 0 aliphatic carbocycles. The van der Waals surface area contributed by atoms with Gasteiger partial charge in [-0.3, -0.25) is 4.98 Å². The molecule has 0 fully saturated rings. The number of nitrogens with two attached hydrogens (primary N) is 2. The zero-order valence-electron chi connectivity index (χ0n) is 8.85. The predicted octanol–water partition coefficient (Wildman–Crippen LogP) is -0.238. The van der Waals surface area contributed by atoms with Gasteiger partial charge in [0, 0.05) is 16.6 Å². The van der Waals surface area contributed by atoms with E-state index in [1.165, 1.54) is 0 Å². The second-order valence-electron chi connectivity index (χ2n) is 3.51. The van der Waals surface area contributed by atoms with Crippen LogP contribution in [0, 0.1) is 10.6 Å². The highest BCUT2D eigenvalue weighted by Gasteiger charge is 1.91. The van der Waals surface area contributed by atoms with Crippen LogP contribution in [0.1, 0.15) is 0 Å². The molecule has 0 radical (unpaired) electrons. The third-order valence-corrected chi connectivity index (χ3v) is 2.39. The van der Waals surface area contributed by atoms with Crippen LogP contribution < -0.4 is 21.9 Å². The maximum Gasteiger partial charge on any atom is 0.103 e. The van der Waals surface area contributed by atoms with E-state index in [0.29, 0.717) is 0 Å². The summed E-state index contributed by atoms with van der Waals surface area (Å²) in [4.78, 5) is 4.31. The highest BCUT2D eigenvalue weighted by Crippen LogP contribution is 1.85. The first-order chi connectivity index (χ1) is 7.70. The molecule has 2 rings (SSSR count). The van der Waals surface area contributed by atoms with Crippen LogP contribution in [-0.4, -0.2) is 4.98 Å². The zero-order chi connectivity index (χ0) is 11.5. The highest BCUT2D eigenvalue weighted by atomic mass is 14.8. The summed E-state index contributed by atoms with van der Waals surface area (Å²) in [6, 6.07) is 11.4. The second-order valence-corrected chi connectivity index (χ2v) is 3.51. The standard InChI is InChI=1S/C13H13N3/c1-9-5-2-3-6-10(9)12-11(13(14)15)7-4-8-16-12/h2-8H,1,14-15H2/b12-10+. The van der Waals surface area contributed by atoms with Crippen molar-refractivity contribution in [3.63, 3.8) is 0 Å². The maximum atomic E-state index is 5.64. The van der Waals surface area contributed by atoms with Gasteiger partial charge in [-0.2, -0.15) is 0 Å². The summed E-state index contributed by atoms with van der Waals surface area (Å²) in [6.07, 6.45) is 1.72. The number of rotatable bonds is 0. The SMILES string of the molecule is C=c1cccc/c1=c1\ncccc1=C(N)N. The van der Waals surface area contributed by atoms with E-state index < -0.39 is 0 Å². The number of benzene rings is 1. The zero-order valence-corrected chi connectivity index (χ0v) is 8.85. The summed E-state index contributed by atoms with van der Waals surface area (Å²) in [5, 5.41) is 3.38. The fourth-order valence-electron chi connectivity index (χ4n) is 1.60. The molecule has 1 aromatic heterocycles. The molecular formula is C13H13N3. The monoisotopic (exact) mass is 211 g/mol. The van der Waals surface area contributed by atoms with E-state index >= 15 is 0 Å². The summed E-state index contributed by atoms with van der Waals surface area (Å²) in [6.45, 7) is 3.97. The molecule has 1 heterocycles. The van der Waals surface area contributed by atoms with Crippen molar-refractivity contribution in [2.45, 2.75) is 0 Å². The van der Waals surface area contributed by atoms with Gasteiger partial charge in [-0.1, -0.05) is 30.8 Å². The lowest BCUT2D eigenvalue weighted by atomic mass is 10.2. The first-order valence-corrected chi connectivity index (χ1v) is 4.95. The lowest BCUT2D eigenvalue weighted by molar-refractivity contribution is 1.17. The summed E-state index contributed by atoms with van der Waals surface area (Å²) in [5.41, 5.74) is 11.3. The lowest BCUT2D eigenvalue weighted by Gasteiger charge is -1.94. The summed E-state index contributed by atoms with van der Waals surface area (Å²) < 4.78 is 0. The normalized spacial score (nSPS) is 12.2. The molecule has 0 aliphatic rings. The third-order valence-electron chi connectivity index (χ3n) is 2.39. The second kappa shape index (κ2) is 4.06. The minimum absolute atomic E-state index is 0.270. The Morgan fingerprint density at radius 2 is 1.81 bits per heavy atom. The van der Waals surface area contributed by atoms with Gasteiger partial charge in [-0.05, 0) is 17.4 Å². The molecule has 1 aromatic carbocycles. The van der Waals surface area contributed by atoms with E-state index in [9.17, 15) is 0 Å². The van der Waals surface area contributed by atoms with Gasteiger partial charge in [-0.15, -0.1) is 0 Å². The number of hydrogen-bond acceptors (Lipinski definition) is 3. The number of aromatic nitrogens is 1. The Labute approximate surface area is 93.0 Å². The fraction of sp³-hybridized carbons (Fsp3) is 0. The Bertz CT molecular complexity index is 700. The van der Waals surface area contributed by atoms with Crippen LogP contribution in [0.2, 0.25) is 0 Å². The smallest absolute Gasteiger partial charge is 0.103 e. The molecular weight excluding hydrogens is 198 g/mol. The van der Waals surface area contributed by atoms with Crippen molar-refractivity contribution in [1.82, 2.24) is 4.98 Å². The van der Waals surface area contributed by atoms with E-state index in [0.717, 1.165) is 21.0 Å². The lowest BCUT2D eigenvalue weighted by Crippen LogP contribution is -2.22. The molecule has 3 nitrogen and oxygen atoms in total. The average molecular weight is 211 g/mol. The molecule has 0 aliphatic heterocycles. The van der Waals surface area contributed by atoms with Crippen molar-refractivity contribution in [3.05, 3.63) is 63.6 Å². The quantitative estimate of drug-likeness (QED) is 0.632. The van der Waals surface area contributed by atoms with E-state index in [4.69, 9.17) is 11.5 Å². The summed E-state index contributed by atoms with van der Waals surface area (Å²) in [7, 11) is 0. The van der Waals surface area contributed by atoms with Gasteiger partial charge in [0.2, 0.25) is 0 Å². The minimum Gasteiger partial charge on any atom is -0.385 e. The van der Waals surface area contributed by atoms with Crippen molar-refractivity contribution < 1.29 is 0 Å². The van der Waals surface area contributed by atoms with Gasteiger partial charge in [0.1, 0.15) is 5.82 Å². The molecule has 0 saturated heterocycles. The summed E-state index contributed by atoms with van der Waals surface area (Å²) in [5.74, 6) is 0.270. The van der Waals surface area contributed by atoms with Crippen molar-refractivity contribution in [2.75, 3.05) is 0 Å². The van der Waals surface area contributed by atoms with Crippen LogP contribution in [0.4, 0.5) is 0 Å². The average Bonchev–Trinajstić information content (AvgIpc) is 2.29. The van der Waals surface area contributed by atoms with E-state index in [2.05, 4.69) is 11.6 Å². The van der Waals surface area contributed by atoms with Gasteiger partial charge >= 0.3 is 0 Å². The topological polar surface area (TPSA) is 64.9 Å². The van der Waals surface area contributed by atoms with Crippen LogP contribution in [0.5, 0.6) is 0 Å². The van der Waals surface area contributed by atoms with Gasteiger partial charge in [0.25, 0.3) is 0 Å². The first-order valence-electron chi connectivity index (χ1n) is 4.95. The Morgan fingerprint density at radius 3 is 2.50 bits per heavy atom. The molecule has 0 atom stereocenters. The fourth-order valence-corrected chi connectivity index (χ4v) is 1.60. The third kappa shape index (κ3) is 1.75. The molecule has 4 N–H and O–H groups in total. The van der Waals surface area contributed by atoms with Gasteiger partial charge in [-0.25, -0.2) is 0 Å². The van der Waals surface area contributed by atoms with Crippen LogP contribution in [-0.2, 0) is 0 Å². The molecule has 0 unspecified atom stereocenters. The predicted molar refractivity (Wildman–Crippen MR) is 64.9 cm³/mol. The van der Waals surface area contributed by atoms with Crippen molar-refractivity contribution in [2.24, 2.45) is 11.5 Å². The first kappa shape index (κ1) is 10.2. The Morgan fingerprint density at radius 1 is 1.06 bits per heavy atom. The molecule has 0 saturated carbocycles. The van der Waals surface area contributed by atoms with E-state index in [1.54, 1.807) is 6.20 Å². The van der Waals surface area contributed by atoms with Gasteiger partial charge in [0.15, 0.2) is 0 Å². The Balaban J connectivity index is 3.19. The molecule has 0 amide bonds. The molecule has 80 valence electrons. The van der Waals surface area contributed by atoms with Crippen molar-refractivity contribution in [3.8, 4) is 0 Å². The Hall–Kier alpha value is -2.29. The van der Waals surface area contributed by atoms with Gasteiger partial charge < -0.3 is 11.5 Å². The summed E-state index contributed by atoms with van der Waals surface area (Å²) >= 11 is 0. The highest BCUT2D eigenvalue weighted by molar-refractivity contribution is 5.35. The van der Waals surface area contributed by atoms with Crippen LogP contribution in [0.15, 0.2) is 42.6 Å². The van der Waals surface area contributed by atoms with Crippen LogP contribution >= 0.6 is 0 Å². The van der Waals surface area contributed by atoms with E-state index in [-0.39, 0.29) is 5.82 Å². The van der Waals surface area contributed by atoms with Crippen molar-refractivity contribution in [1.29, 1.82) is 0 Å². The molecule has 16 heavy (non-hydrogen) atoms. The maximum absolute atomic E-state index is 5.64. The molecule has 0 spiro atoms. The Kier molecular flexibility index (Phi) is 2.60. The van der Waals surface area contributed by atoms with Gasteiger partial charge in [0.05, 0.1) is 5.35 Å². The molecule has 3 heteroatoms. The van der Waals surface area contributed by atoms with E-state index in [1.807, 2.05) is 36.4 Å². The van der Waals surface area contributed by atoms with Crippen LogP contribution in [0.25, 0.3) is 12.4 Å². The number of pyridine rings is 1.